The van der Waals surface area contributed by atoms with E-state index in [1.54, 1.807) is 0 Å². The minimum absolute atomic E-state index is 0.0291. The molecule has 1 aliphatic heterocycles. The van der Waals surface area contributed by atoms with Gasteiger partial charge in [-0.15, -0.1) is 0 Å². The van der Waals surface area contributed by atoms with Crippen LogP contribution in [0, 0.1) is 11.8 Å². The highest BCUT2D eigenvalue weighted by molar-refractivity contribution is 5.82. The van der Waals surface area contributed by atoms with Gasteiger partial charge in [0, 0.05) is 23.4 Å². The molecule has 1 aromatic carbocycles. The average Bonchev–Trinajstić information content (AvgIpc) is 3.09. The lowest BCUT2D eigenvalue weighted by molar-refractivity contribution is -0.127. The van der Waals surface area contributed by atoms with Gasteiger partial charge < -0.3 is 15.2 Å². The van der Waals surface area contributed by atoms with Gasteiger partial charge in [0.2, 0.25) is 5.91 Å². The van der Waals surface area contributed by atoms with E-state index < -0.39 is 0 Å². The fraction of sp³-hybridized carbons (Fsp3) is 0.524. The van der Waals surface area contributed by atoms with E-state index in [1.165, 1.54) is 10.9 Å². The molecule has 0 bridgehead atoms. The number of hydrogen-bond acceptors (Lipinski definition) is 4. The molecule has 2 N–H and O–H groups in total. The Morgan fingerprint density at radius 1 is 1.15 bits per heavy atom. The summed E-state index contributed by atoms with van der Waals surface area (Å²) in [5.41, 5.74) is 2.26. The third-order valence-electron chi connectivity index (χ3n) is 5.81. The molecule has 1 aromatic heterocycles. The number of aliphatic hydroxyl groups excluding tert-OH is 1. The van der Waals surface area contributed by atoms with Crippen molar-refractivity contribution in [3.63, 3.8) is 0 Å². The molecule has 26 heavy (non-hydrogen) atoms. The van der Waals surface area contributed by atoms with Gasteiger partial charge >= 0.3 is 0 Å². The van der Waals surface area contributed by atoms with Crippen LogP contribution in [-0.4, -0.2) is 41.4 Å². The average molecular weight is 354 g/mol. The second kappa shape index (κ2) is 7.72. The summed E-state index contributed by atoms with van der Waals surface area (Å²) in [5, 5.41) is 14.0. The van der Waals surface area contributed by atoms with Gasteiger partial charge in [-0.25, -0.2) is 0 Å². The number of benzene rings is 1. The number of para-hydroxylation sites is 1. The molecule has 0 spiro atoms. The van der Waals surface area contributed by atoms with E-state index in [0.29, 0.717) is 13.2 Å². The highest BCUT2D eigenvalue weighted by Gasteiger charge is 2.33. The van der Waals surface area contributed by atoms with Crippen molar-refractivity contribution in [3.8, 4) is 0 Å². The molecule has 0 unspecified atom stereocenters. The number of aliphatic hydroxyl groups is 1. The lowest BCUT2D eigenvalue weighted by Crippen LogP contribution is -2.44. The number of nitrogens with one attached hydrogen (secondary N) is 1. The Kier molecular flexibility index (Phi) is 5.18. The van der Waals surface area contributed by atoms with E-state index in [1.807, 2.05) is 24.4 Å². The number of nitrogens with zero attached hydrogens (tertiary/aromatic N) is 1. The molecule has 1 saturated carbocycles. The summed E-state index contributed by atoms with van der Waals surface area (Å²) < 4.78 is 5.69. The van der Waals surface area contributed by atoms with E-state index in [2.05, 4.69) is 22.4 Å². The molecule has 2 heterocycles. The van der Waals surface area contributed by atoms with Crippen molar-refractivity contribution >= 4 is 16.8 Å². The van der Waals surface area contributed by atoms with Gasteiger partial charge in [-0.3, -0.25) is 9.78 Å². The molecule has 0 radical (unpaired) electrons. The largest absolute Gasteiger partial charge is 0.393 e. The van der Waals surface area contributed by atoms with Crippen molar-refractivity contribution in [1.29, 1.82) is 0 Å². The fourth-order valence-corrected chi connectivity index (χ4v) is 4.21. The minimum atomic E-state index is -0.235. The van der Waals surface area contributed by atoms with Crippen molar-refractivity contribution in [1.82, 2.24) is 10.3 Å². The van der Waals surface area contributed by atoms with Gasteiger partial charge in [-0.2, -0.15) is 0 Å². The number of hydrogen-bond donors (Lipinski definition) is 2. The number of aromatic nitrogens is 1. The molecule has 5 heteroatoms. The van der Waals surface area contributed by atoms with Crippen molar-refractivity contribution in [2.24, 2.45) is 11.8 Å². The molecule has 1 saturated heterocycles. The standard InChI is InChI=1S/C21H26N2O3/c24-17-7-5-14(6-8-17)21(25)23-20-13-26-12-16(20)11-15-9-10-22-19-4-2-1-3-18(15)19/h1-4,9-10,14,16-17,20,24H,5-8,11-13H2,(H,23,25)/t14?,16-,17?,20+/m1/s1. The Hall–Kier alpha value is -1.98. The molecule has 2 aliphatic rings. The number of carbonyl (C=O) groups excluding carboxylic acids is 1. The summed E-state index contributed by atoms with van der Waals surface area (Å²) in [6, 6.07) is 10.3. The predicted molar refractivity (Wildman–Crippen MR) is 99.7 cm³/mol. The van der Waals surface area contributed by atoms with E-state index in [0.717, 1.165) is 37.6 Å². The number of ether oxygens (including phenoxy) is 1. The van der Waals surface area contributed by atoms with E-state index >= 15 is 0 Å². The maximum Gasteiger partial charge on any atom is 0.223 e. The maximum absolute atomic E-state index is 12.6. The van der Waals surface area contributed by atoms with Crippen LogP contribution in [-0.2, 0) is 16.0 Å². The molecule has 138 valence electrons. The molecule has 1 aliphatic carbocycles. The first-order valence-corrected chi connectivity index (χ1v) is 9.59. The SMILES string of the molecule is O=C(N[C@H]1COC[C@H]1Cc1ccnc2ccccc12)C1CCC(O)CC1. The van der Waals surface area contributed by atoms with Crippen LogP contribution in [0.3, 0.4) is 0 Å². The number of rotatable bonds is 4. The van der Waals surface area contributed by atoms with Gasteiger partial charge in [0.1, 0.15) is 0 Å². The first kappa shape index (κ1) is 17.4. The summed E-state index contributed by atoms with van der Waals surface area (Å²) in [5.74, 6) is 0.428. The van der Waals surface area contributed by atoms with E-state index in [-0.39, 0.29) is 29.9 Å². The monoisotopic (exact) mass is 354 g/mol. The number of pyridine rings is 1. The zero-order chi connectivity index (χ0) is 17.9. The summed E-state index contributed by atoms with van der Waals surface area (Å²) in [7, 11) is 0. The van der Waals surface area contributed by atoms with Crippen molar-refractivity contribution in [3.05, 3.63) is 42.1 Å². The van der Waals surface area contributed by atoms with Gasteiger partial charge in [0.25, 0.3) is 0 Å². The van der Waals surface area contributed by atoms with Crippen LogP contribution < -0.4 is 5.32 Å². The Balaban J connectivity index is 1.42. The third-order valence-corrected chi connectivity index (χ3v) is 5.81. The van der Waals surface area contributed by atoms with Gasteiger partial charge in [0.15, 0.2) is 0 Å². The van der Waals surface area contributed by atoms with Crippen molar-refractivity contribution in [2.45, 2.75) is 44.2 Å². The molecule has 1 amide bonds. The van der Waals surface area contributed by atoms with E-state index in [9.17, 15) is 9.90 Å². The maximum atomic E-state index is 12.6. The molecule has 4 rings (SSSR count). The summed E-state index contributed by atoms with van der Waals surface area (Å²) >= 11 is 0. The zero-order valence-corrected chi connectivity index (χ0v) is 14.9. The molecule has 2 atom stereocenters. The molecular weight excluding hydrogens is 328 g/mol. The normalized spacial score (nSPS) is 29.0. The lowest BCUT2D eigenvalue weighted by atomic mass is 9.86. The smallest absolute Gasteiger partial charge is 0.223 e. The predicted octanol–water partition coefficient (Wildman–Crippen LogP) is 2.46. The van der Waals surface area contributed by atoms with Gasteiger partial charge in [-0.05, 0) is 49.8 Å². The van der Waals surface area contributed by atoms with Crippen LogP contribution in [0.25, 0.3) is 10.9 Å². The minimum Gasteiger partial charge on any atom is -0.393 e. The number of amides is 1. The van der Waals surface area contributed by atoms with Crippen LogP contribution in [0.1, 0.15) is 31.2 Å². The lowest BCUT2D eigenvalue weighted by Gasteiger charge is -2.27. The summed E-state index contributed by atoms with van der Waals surface area (Å²) in [6.07, 6.45) is 5.51. The highest BCUT2D eigenvalue weighted by atomic mass is 16.5. The second-order valence-electron chi connectivity index (χ2n) is 7.61. The summed E-state index contributed by atoms with van der Waals surface area (Å²) in [6.45, 7) is 1.25. The Morgan fingerprint density at radius 3 is 2.81 bits per heavy atom. The van der Waals surface area contributed by atoms with Crippen LogP contribution in [0.15, 0.2) is 36.5 Å². The van der Waals surface area contributed by atoms with Gasteiger partial charge in [-0.1, -0.05) is 18.2 Å². The second-order valence-corrected chi connectivity index (χ2v) is 7.61. The molecular formula is C21H26N2O3. The Labute approximate surface area is 153 Å². The Morgan fingerprint density at radius 2 is 1.96 bits per heavy atom. The van der Waals surface area contributed by atoms with Crippen LogP contribution >= 0.6 is 0 Å². The molecule has 2 fully saturated rings. The number of fused-ring (bicyclic) bond motifs is 1. The number of carbonyl (C=O) groups is 1. The quantitative estimate of drug-likeness (QED) is 0.885. The first-order chi connectivity index (χ1) is 12.7. The van der Waals surface area contributed by atoms with Crippen molar-refractivity contribution in [2.75, 3.05) is 13.2 Å². The Bertz CT molecular complexity index is 765. The van der Waals surface area contributed by atoms with Gasteiger partial charge in [0.05, 0.1) is 30.9 Å². The topological polar surface area (TPSA) is 71.5 Å². The summed E-state index contributed by atoms with van der Waals surface area (Å²) in [4.78, 5) is 17.0. The highest BCUT2D eigenvalue weighted by Crippen LogP contribution is 2.27. The fourth-order valence-electron chi connectivity index (χ4n) is 4.21. The molecule has 5 nitrogen and oxygen atoms in total. The van der Waals surface area contributed by atoms with E-state index in [4.69, 9.17) is 4.74 Å². The van der Waals surface area contributed by atoms with Crippen molar-refractivity contribution < 1.29 is 14.6 Å². The zero-order valence-electron chi connectivity index (χ0n) is 14.9. The van der Waals surface area contributed by atoms with Crippen LogP contribution in [0.4, 0.5) is 0 Å². The first-order valence-electron chi connectivity index (χ1n) is 9.59. The van der Waals surface area contributed by atoms with Crippen LogP contribution in [0.2, 0.25) is 0 Å². The molecule has 2 aromatic rings. The van der Waals surface area contributed by atoms with Crippen LogP contribution in [0.5, 0.6) is 0 Å². The third kappa shape index (κ3) is 3.74.